The van der Waals surface area contributed by atoms with E-state index in [1.807, 2.05) is 11.8 Å². The van der Waals surface area contributed by atoms with E-state index in [1.165, 1.54) is 5.75 Å². The van der Waals surface area contributed by atoms with Crippen LogP contribution in [0.2, 0.25) is 0 Å². The van der Waals surface area contributed by atoms with Crippen molar-refractivity contribution in [3.63, 3.8) is 0 Å². The molecule has 66 valence electrons. The summed E-state index contributed by atoms with van der Waals surface area (Å²) in [5, 5.41) is 7.79. The molecule has 0 aromatic carbocycles. The van der Waals surface area contributed by atoms with Crippen molar-refractivity contribution in [1.82, 2.24) is 10.2 Å². The molecule has 0 amide bonds. The second-order valence-electron chi connectivity index (χ2n) is 3.22. The fraction of sp³-hybridized carbons (Fsp3) is 0.714. The summed E-state index contributed by atoms with van der Waals surface area (Å²) in [6.07, 6.45) is 1.13. The normalized spacial score (nSPS) is 29.5. The molecule has 1 unspecified atom stereocenters. The van der Waals surface area contributed by atoms with Gasteiger partial charge in [-0.05, 0) is 19.1 Å². The molecule has 1 fully saturated rings. The highest BCUT2D eigenvalue weighted by Crippen LogP contribution is 2.38. The Hall–Kier alpha value is -0.0300. The molecule has 2 heterocycles. The van der Waals surface area contributed by atoms with Crippen LogP contribution in [0, 0.1) is 0 Å². The molecular weight excluding hydrogens is 240 g/mol. The summed E-state index contributed by atoms with van der Waals surface area (Å²) in [5.41, 5.74) is 0.101. The molecule has 1 atom stereocenters. The van der Waals surface area contributed by atoms with Crippen molar-refractivity contribution >= 4 is 27.7 Å². The van der Waals surface area contributed by atoms with Gasteiger partial charge in [-0.25, -0.2) is 0 Å². The Balaban J connectivity index is 2.28. The number of halogens is 1. The summed E-state index contributed by atoms with van der Waals surface area (Å²) in [6.45, 7) is 2.17. The molecule has 1 aliphatic rings. The first-order valence-electron chi connectivity index (χ1n) is 3.78. The van der Waals surface area contributed by atoms with Gasteiger partial charge in [0.25, 0.3) is 4.80 Å². The summed E-state index contributed by atoms with van der Waals surface area (Å²) in [5.74, 6) is 3.04. The Kier molecular flexibility index (Phi) is 2.16. The van der Waals surface area contributed by atoms with Crippen LogP contribution in [0.15, 0.2) is 9.22 Å². The Morgan fingerprint density at radius 3 is 2.92 bits per heavy atom. The molecule has 0 bridgehead atoms. The molecule has 12 heavy (non-hydrogen) atoms. The van der Waals surface area contributed by atoms with Crippen molar-refractivity contribution in [3.8, 4) is 0 Å². The van der Waals surface area contributed by atoms with Crippen LogP contribution in [0.1, 0.15) is 19.2 Å². The standard InChI is InChI=1S/C7H9BrN2OS/c1-7(2-3-12-4-7)5-9-10-6(8)11-5/h2-4H2,1H3. The van der Waals surface area contributed by atoms with Gasteiger partial charge in [0.1, 0.15) is 0 Å². The van der Waals surface area contributed by atoms with Crippen LogP contribution >= 0.6 is 27.7 Å². The van der Waals surface area contributed by atoms with E-state index in [9.17, 15) is 0 Å². The van der Waals surface area contributed by atoms with Gasteiger partial charge in [0, 0.05) is 21.7 Å². The van der Waals surface area contributed by atoms with E-state index in [-0.39, 0.29) is 5.41 Å². The van der Waals surface area contributed by atoms with Gasteiger partial charge in [0.15, 0.2) is 0 Å². The van der Waals surface area contributed by atoms with Crippen LogP contribution in [0.4, 0.5) is 0 Å². The Morgan fingerprint density at radius 2 is 2.42 bits per heavy atom. The quantitative estimate of drug-likeness (QED) is 0.765. The fourth-order valence-electron chi connectivity index (χ4n) is 1.28. The van der Waals surface area contributed by atoms with Crippen LogP contribution in [-0.4, -0.2) is 21.7 Å². The predicted octanol–water partition coefficient (Wildman–Crippen LogP) is 2.23. The van der Waals surface area contributed by atoms with Crippen LogP contribution in [0.3, 0.4) is 0 Å². The fourth-order valence-corrected chi connectivity index (χ4v) is 2.98. The maximum atomic E-state index is 5.35. The smallest absolute Gasteiger partial charge is 0.284 e. The first-order valence-corrected chi connectivity index (χ1v) is 5.73. The summed E-state index contributed by atoms with van der Waals surface area (Å²) in [6, 6.07) is 0. The van der Waals surface area contributed by atoms with Crippen molar-refractivity contribution in [2.75, 3.05) is 11.5 Å². The zero-order chi connectivity index (χ0) is 8.60. The number of rotatable bonds is 1. The van der Waals surface area contributed by atoms with E-state index in [0.717, 1.165) is 18.1 Å². The second-order valence-corrected chi connectivity index (χ2v) is 5.01. The molecule has 1 aromatic heterocycles. The Bertz CT molecular complexity index is 283. The molecule has 2 rings (SSSR count). The zero-order valence-electron chi connectivity index (χ0n) is 6.71. The SMILES string of the molecule is CC1(c2nnc(Br)o2)CCSC1. The highest BCUT2D eigenvalue weighted by molar-refractivity contribution is 9.10. The highest BCUT2D eigenvalue weighted by Gasteiger charge is 2.36. The second kappa shape index (κ2) is 3.03. The first kappa shape index (κ1) is 8.56. The molecule has 0 aliphatic carbocycles. The van der Waals surface area contributed by atoms with Crippen molar-refractivity contribution in [3.05, 3.63) is 10.7 Å². The largest absolute Gasteiger partial charge is 0.415 e. The molecule has 0 N–H and O–H groups in total. The van der Waals surface area contributed by atoms with E-state index in [0.29, 0.717) is 4.80 Å². The van der Waals surface area contributed by atoms with Crippen molar-refractivity contribution in [2.24, 2.45) is 0 Å². The number of aromatic nitrogens is 2. The Labute approximate surface area is 83.4 Å². The van der Waals surface area contributed by atoms with E-state index in [1.54, 1.807) is 0 Å². The lowest BCUT2D eigenvalue weighted by Crippen LogP contribution is -2.21. The average Bonchev–Trinajstić information content (AvgIpc) is 2.59. The molecular formula is C7H9BrN2OS. The maximum Gasteiger partial charge on any atom is 0.284 e. The molecule has 0 saturated carbocycles. The van der Waals surface area contributed by atoms with Crippen LogP contribution in [0.25, 0.3) is 0 Å². The number of thioether (sulfide) groups is 1. The molecule has 1 aromatic rings. The topological polar surface area (TPSA) is 38.9 Å². The van der Waals surface area contributed by atoms with Gasteiger partial charge in [-0.2, -0.15) is 11.8 Å². The number of hydrogen-bond acceptors (Lipinski definition) is 4. The first-order chi connectivity index (χ1) is 5.71. The van der Waals surface area contributed by atoms with Gasteiger partial charge in [-0.1, -0.05) is 0 Å². The lowest BCUT2D eigenvalue weighted by molar-refractivity contribution is 0.366. The molecule has 0 radical (unpaired) electrons. The van der Waals surface area contributed by atoms with Gasteiger partial charge >= 0.3 is 0 Å². The molecule has 5 heteroatoms. The molecule has 0 spiro atoms. The van der Waals surface area contributed by atoms with E-state index in [4.69, 9.17) is 4.42 Å². The van der Waals surface area contributed by atoms with E-state index in [2.05, 4.69) is 33.1 Å². The summed E-state index contributed by atoms with van der Waals surface area (Å²) in [7, 11) is 0. The third-order valence-electron chi connectivity index (χ3n) is 2.14. The minimum Gasteiger partial charge on any atom is -0.415 e. The lowest BCUT2D eigenvalue weighted by atomic mass is 9.90. The average molecular weight is 249 g/mol. The maximum absolute atomic E-state index is 5.35. The highest BCUT2D eigenvalue weighted by atomic mass is 79.9. The van der Waals surface area contributed by atoms with Crippen LogP contribution in [-0.2, 0) is 5.41 Å². The molecule has 3 nitrogen and oxygen atoms in total. The number of hydrogen-bond donors (Lipinski definition) is 0. The third kappa shape index (κ3) is 1.40. The monoisotopic (exact) mass is 248 g/mol. The molecule has 1 aliphatic heterocycles. The summed E-state index contributed by atoms with van der Waals surface area (Å²) >= 11 is 5.10. The third-order valence-corrected chi connectivity index (χ3v) is 3.79. The minimum absolute atomic E-state index is 0.101. The summed E-state index contributed by atoms with van der Waals surface area (Å²) in [4.78, 5) is 0.482. The van der Waals surface area contributed by atoms with E-state index < -0.39 is 0 Å². The zero-order valence-corrected chi connectivity index (χ0v) is 9.11. The van der Waals surface area contributed by atoms with Crippen LogP contribution in [0.5, 0.6) is 0 Å². The Morgan fingerprint density at radius 1 is 1.58 bits per heavy atom. The van der Waals surface area contributed by atoms with Crippen molar-refractivity contribution in [2.45, 2.75) is 18.8 Å². The van der Waals surface area contributed by atoms with Crippen LogP contribution < -0.4 is 0 Å². The van der Waals surface area contributed by atoms with Crippen molar-refractivity contribution in [1.29, 1.82) is 0 Å². The van der Waals surface area contributed by atoms with Gasteiger partial charge in [0.05, 0.1) is 5.41 Å². The minimum atomic E-state index is 0.101. The van der Waals surface area contributed by atoms with E-state index >= 15 is 0 Å². The van der Waals surface area contributed by atoms with Gasteiger partial charge in [0.2, 0.25) is 5.89 Å². The lowest BCUT2D eigenvalue weighted by Gasteiger charge is -2.16. The van der Waals surface area contributed by atoms with Gasteiger partial charge in [-0.3, -0.25) is 0 Å². The van der Waals surface area contributed by atoms with Crippen molar-refractivity contribution < 1.29 is 4.42 Å². The predicted molar refractivity (Wildman–Crippen MR) is 51.3 cm³/mol. The number of nitrogens with zero attached hydrogens (tertiary/aromatic N) is 2. The van der Waals surface area contributed by atoms with Gasteiger partial charge < -0.3 is 4.42 Å². The summed E-state index contributed by atoms with van der Waals surface area (Å²) < 4.78 is 5.35. The van der Waals surface area contributed by atoms with Gasteiger partial charge in [-0.15, -0.1) is 10.2 Å². The molecule has 1 saturated heterocycles.